The van der Waals surface area contributed by atoms with Crippen molar-refractivity contribution in [3.63, 3.8) is 0 Å². The number of benzene rings is 4. The van der Waals surface area contributed by atoms with Crippen LogP contribution in [0.15, 0.2) is 84.9 Å². The molecule has 1 heterocycles. The Bertz CT molecular complexity index is 1910. The molecule has 0 saturated carbocycles. The molecule has 5 rings (SSSR count). The summed E-state index contributed by atoms with van der Waals surface area (Å²) in [5.74, 6) is -0.720. The van der Waals surface area contributed by atoms with Crippen LogP contribution in [-0.4, -0.2) is 67.7 Å². The van der Waals surface area contributed by atoms with Gasteiger partial charge in [-0.3, -0.25) is 9.59 Å². The van der Waals surface area contributed by atoms with Crippen LogP contribution in [0.5, 0.6) is 0 Å². The van der Waals surface area contributed by atoms with E-state index in [1.165, 1.54) is 32.7 Å². The number of ether oxygens (including phenoxy) is 2. The van der Waals surface area contributed by atoms with Gasteiger partial charge in [0.1, 0.15) is 18.2 Å². The molecule has 4 aromatic carbocycles. The average molecular weight is 826 g/mol. The first kappa shape index (κ1) is 46.5. The summed E-state index contributed by atoms with van der Waals surface area (Å²) in [5.41, 5.74) is 2.73. The molecule has 1 aliphatic rings. The van der Waals surface area contributed by atoms with Crippen molar-refractivity contribution in [1.82, 2.24) is 5.32 Å². The number of nitrogens with one attached hydrogen (secondary N) is 1. The molecule has 0 radical (unpaired) electrons. The smallest absolute Gasteiger partial charge is 0.306 e. The third-order valence-corrected chi connectivity index (χ3v) is 17.0. The Labute approximate surface area is 354 Å². The van der Waals surface area contributed by atoms with Gasteiger partial charge in [0, 0.05) is 12.8 Å². The highest BCUT2D eigenvalue weighted by Crippen LogP contribution is 2.37. The molecule has 59 heavy (non-hydrogen) atoms. The van der Waals surface area contributed by atoms with Crippen molar-refractivity contribution >= 4 is 41.7 Å². The van der Waals surface area contributed by atoms with E-state index in [2.05, 4.69) is 124 Å². The van der Waals surface area contributed by atoms with E-state index in [9.17, 15) is 19.8 Å². The van der Waals surface area contributed by atoms with Gasteiger partial charge in [-0.2, -0.15) is 0 Å². The van der Waals surface area contributed by atoms with Crippen LogP contribution in [0.2, 0.25) is 18.1 Å². The molecule has 5 atom stereocenters. The van der Waals surface area contributed by atoms with Crippen molar-refractivity contribution < 1.29 is 33.7 Å². The van der Waals surface area contributed by atoms with E-state index in [0.717, 1.165) is 77.0 Å². The molecule has 3 N–H and O–H groups in total. The third-order valence-electron chi connectivity index (χ3n) is 12.5. The van der Waals surface area contributed by atoms with Gasteiger partial charge in [0.05, 0.1) is 6.61 Å². The Morgan fingerprint density at radius 1 is 0.661 bits per heavy atom. The number of hydrogen-bond acceptors (Lipinski definition) is 7. The number of fused-ring (bicyclic) bond motifs is 2. The lowest BCUT2D eigenvalue weighted by atomic mass is 9.96. The maximum atomic E-state index is 13.2. The van der Waals surface area contributed by atoms with Crippen molar-refractivity contribution in [3.8, 4) is 0 Å². The second-order valence-corrected chi connectivity index (χ2v) is 23.1. The van der Waals surface area contributed by atoms with Crippen LogP contribution in [0.4, 0.5) is 0 Å². The highest BCUT2D eigenvalue weighted by molar-refractivity contribution is 6.74. The Morgan fingerprint density at radius 2 is 1.14 bits per heavy atom. The van der Waals surface area contributed by atoms with Crippen LogP contribution in [0, 0.1) is 0 Å². The molecule has 1 aliphatic heterocycles. The number of aliphatic hydroxyl groups is 2. The first-order chi connectivity index (χ1) is 28.3. The Balaban J connectivity index is 1.02. The molecule has 4 aromatic rings. The van der Waals surface area contributed by atoms with Crippen molar-refractivity contribution in [2.45, 2.75) is 172 Å². The Morgan fingerprint density at radius 3 is 1.66 bits per heavy atom. The molecule has 0 spiro atoms. The normalized spacial score (nSPS) is 19.9. The first-order valence-electron chi connectivity index (χ1n) is 22.4. The predicted molar refractivity (Wildman–Crippen MR) is 242 cm³/mol. The summed E-state index contributed by atoms with van der Waals surface area (Å²) in [4.78, 5) is 26.4. The number of rotatable bonds is 23. The lowest BCUT2D eigenvalue weighted by Gasteiger charge is -2.44. The second kappa shape index (κ2) is 22.8. The minimum atomic E-state index is -2.20. The SMILES string of the molecule is CC(C)(C)[Si](C)(C)OC[C@H]1OC(O)[C@H](NC(=O)CCCCCCCCc2ccc3ccccc3c2)[C@@H](OC(=O)CCCCCCCCc2ccc3ccccc3c2)[C@@H]1O. The van der Waals surface area contributed by atoms with E-state index < -0.39 is 44.9 Å². The summed E-state index contributed by atoms with van der Waals surface area (Å²) in [6.07, 6.45) is 9.79. The molecule has 322 valence electrons. The molecule has 0 aliphatic carbocycles. The van der Waals surface area contributed by atoms with Gasteiger partial charge in [-0.1, -0.05) is 157 Å². The van der Waals surface area contributed by atoms with Gasteiger partial charge in [-0.15, -0.1) is 0 Å². The van der Waals surface area contributed by atoms with Crippen molar-refractivity contribution in [2.75, 3.05) is 6.61 Å². The van der Waals surface area contributed by atoms with Crippen molar-refractivity contribution in [2.24, 2.45) is 0 Å². The Kier molecular flexibility index (Phi) is 18.0. The van der Waals surface area contributed by atoms with Gasteiger partial charge in [0.25, 0.3) is 0 Å². The predicted octanol–water partition coefficient (Wildman–Crippen LogP) is 10.7. The maximum absolute atomic E-state index is 13.2. The molecular formula is C50H71NO7Si. The van der Waals surface area contributed by atoms with Crippen LogP contribution in [0.3, 0.4) is 0 Å². The third kappa shape index (κ3) is 14.5. The van der Waals surface area contributed by atoms with Crippen LogP contribution >= 0.6 is 0 Å². The van der Waals surface area contributed by atoms with Crippen molar-refractivity contribution in [1.29, 1.82) is 0 Å². The molecule has 1 saturated heterocycles. The van der Waals surface area contributed by atoms with E-state index >= 15 is 0 Å². The van der Waals surface area contributed by atoms with Crippen molar-refractivity contribution in [3.05, 3.63) is 96.1 Å². The van der Waals surface area contributed by atoms with Gasteiger partial charge >= 0.3 is 5.97 Å². The zero-order valence-corrected chi connectivity index (χ0v) is 37.4. The average Bonchev–Trinajstić information content (AvgIpc) is 3.21. The minimum absolute atomic E-state index is 0.0482. The van der Waals surface area contributed by atoms with E-state index in [1.807, 2.05) is 0 Å². The molecule has 0 aromatic heterocycles. The monoisotopic (exact) mass is 825 g/mol. The van der Waals surface area contributed by atoms with Crippen LogP contribution in [0.1, 0.15) is 122 Å². The summed E-state index contributed by atoms with van der Waals surface area (Å²) < 4.78 is 18.1. The summed E-state index contributed by atoms with van der Waals surface area (Å²) >= 11 is 0. The first-order valence-corrected chi connectivity index (χ1v) is 25.3. The maximum Gasteiger partial charge on any atom is 0.306 e. The minimum Gasteiger partial charge on any atom is -0.457 e. The number of aliphatic hydroxyl groups excluding tert-OH is 2. The lowest BCUT2D eigenvalue weighted by molar-refractivity contribution is -0.258. The fourth-order valence-corrected chi connectivity index (χ4v) is 8.77. The number of carbonyl (C=O) groups excluding carboxylic acids is 2. The molecule has 1 fully saturated rings. The van der Waals surface area contributed by atoms with Gasteiger partial charge in [-0.05, 0) is 89.3 Å². The summed E-state index contributed by atoms with van der Waals surface area (Å²) in [5, 5.41) is 30.6. The van der Waals surface area contributed by atoms with Gasteiger partial charge < -0.3 is 29.4 Å². The molecule has 1 unspecified atom stereocenters. The number of carbonyl (C=O) groups is 2. The molecule has 1 amide bonds. The highest BCUT2D eigenvalue weighted by Gasteiger charge is 2.49. The zero-order chi connectivity index (χ0) is 42.3. The zero-order valence-electron chi connectivity index (χ0n) is 36.4. The van der Waals surface area contributed by atoms with Crippen LogP contribution in [0.25, 0.3) is 21.5 Å². The molecule has 8 nitrogen and oxygen atoms in total. The number of unbranched alkanes of at least 4 members (excludes halogenated alkanes) is 10. The van der Waals surface area contributed by atoms with Crippen LogP contribution in [-0.2, 0) is 36.3 Å². The van der Waals surface area contributed by atoms with Gasteiger partial charge in [0.15, 0.2) is 20.7 Å². The standard InChI is InChI=1S/C50H71NO7Si/c1-50(2,3)59(4,5)56-36-43-47(54)48(58-45(53)29-17-13-9-7-11-15-23-38-31-33-40-25-19-21-27-42(40)35-38)46(49(55)57-43)51-44(52)28-16-12-8-6-10-14-22-37-30-32-39-24-18-20-26-41(39)34-37/h18-21,24-27,30-35,43,46-49,54-55H,6-17,22-23,28-29,36H2,1-5H3,(H,51,52)/t43-,46-,47-,48-,49?/m1/s1. The van der Waals surface area contributed by atoms with E-state index in [1.54, 1.807) is 0 Å². The van der Waals surface area contributed by atoms with Gasteiger partial charge in [0.2, 0.25) is 5.91 Å². The lowest BCUT2D eigenvalue weighted by Crippen LogP contribution is -2.65. The molecule has 0 bridgehead atoms. The fourth-order valence-electron chi connectivity index (χ4n) is 7.76. The summed E-state index contributed by atoms with van der Waals surface area (Å²) in [6.45, 7) is 10.6. The summed E-state index contributed by atoms with van der Waals surface area (Å²) in [6, 6.07) is 29.2. The van der Waals surface area contributed by atoms with E-state index in [4.69, 9.17) is 13.9 Å². The van der Waals surface area contributed by atoms with E-state index in [0.29, 0.717) is 12.8 Å². The Hall–Kier alpha value is -3.60. The second-order valence-electron chi connectivity index (χ2n) is 18.3. The molecular weight excluding hydrogens is 755 g/mol. The van der Waals surface area contributed by atoms with E-state index in [-0.39, 0.29) is 30.4 Å². The van der Waals surface area contributed by atoms with Gasteiger partial charge in [-0.25, -0.2) is 0 Å². The fraction of sp³-hybridized carbons (Fsp3) is 0.560. The van der Waals surface area contributed by atoms with Crippen LogP contribution < -0.4 is 5.32 Å². The number of aryl methyl sites for hydroxylation is 2. The molecule has 9 heteroatoms. The number of esters is 1. The quantitative estimate of drug-likeness (QED) is 0.0388. The highest BCUT2D eigenvalue weighted by atomic mass is 28.4. The topological polar surface area (TPSA) is 114 Å². The number of amides is 1. The largest absolute Gasteiger partial charge is 0.457 e. The summed E-state index contributed by atoms with van der Waals surface area (Å²) in [7, 11) is -2.20. The number of hydrogen-bond donors (Lipinski definition) is 3.